The van der Waals surface area contributed by atoms with Gasteiger partial charge in [0.05, 0.1) is 5.39 Å². The Bertz CT molecular complexity index is 2920. The molecule has 69 heavy (non-hydrogen) atoms. The third-order valence-electron chi connectivity index (χ3n) is 10.4. The first-order valence-electron chi connectivity index (χ1n) is 18.2. The molecule has 7 aromatic rings. The number of ketones is 1. The van der Waals surface area contributed by atoms with Crippen molar-refractivity contribution in [3.63, 3.8) is 0 Å². The molecule has 1 heterocycles. The van der Waals surface area contributed by atoms with Gasteiger partial charge in [-0.1, -0.05) is 48.5 Å². The Morgan fingerprint density at radius 3 is 0.986 bits per heavy atom. The van der Waals surface area contributed by atoms with Crippen molar-refractivity contribution in [3.05, 3.63) is 201 Å². The summed E-state index contributed by atoms with van der Waals surface area (Å²) in [5, 5.41) is 0.943. The van der Waals surface area contributed by atoms with Crippen LogP contribution < -0.4 is 26.4 Å². The molecule has 0 spiro atoms. The van der Waals surface area contributed by atoms with Crippen LogP contribution in [0.3, 0.4) is 0 Å². The standard InChI is InChI=1S/C24BF20.C19H13F3NO/c26-5-1(6(27)14(35)21(42)13(5)34)25(2-7(28)15(36)22(43)16(37)8(2)29,3-9(30)17(38)23(44)18(39)10(3)31)4-11(32)19(40)24(45)20(41)12(4)33;20-17(19(21)22)18-15-9-5-4-6-13(15)10-11-23(18)12-16(24)14-7-2-1-3-8-14/h;1-11H,12H2/q-1;+1. The number of halogens is 23. The van der Waals surface area contributed by atoms with Gasteiger partial charge in [-0.3, -0.25) is 4.79 Å². The van der Waals surface area contributed by atoms with Crippen LogP contribution in [0.15, 0.2) is 72.9 Å². The third-order valence-corrected chi connectivity index (χ3v) is 10.4. The first-order valence-corrected chi connectivity index (χ1v) is 18.2. The molecule has 0 radical (unpaired) electrons. The molecule has 0 atom stereocenters. The molecule has 26 heteroatoms. The molecule has 0 saturated carbocycles. The number of benzene rings is 6. The average molecular weight is 1010 g/mol. The molecule has 0 N–H and O–H groups in total. The summed E-state index contributed by atoms with van der Waals surface area (Å²) < 4.78 is 335. The Morgan fingerprint density at radius 1 is 0.377 bits per heavy atom. The second-order valence-corrected chi connectivity index (χ2v) is 14.0. The van der Waals surface area contributed by atoms with E-state index in [0.29, 0.717) is 16.3 Å². The Balaban J connectivity index is 0.000000273. The molecule has 0 aliphatic heterocycles. The fourth-order valence-electron chi connectivity index (χ4n) is 7.47. The predicted molar refractivity (Wildman–Crippen MR) is 194 cm³/mol. The maximum Gasteiger partial charge on any atom is 0.312 e. The number of carbonyl (C=O) groups excluding carboxylic acids is 1. The lowest BCUT2D eigenvalue weighted by molar-refractivity contribution is -0.684. The van der Waals surface area contributed by atoms with E-state index in [1.54, 1.807) is 60.7 Å². The number of hydrogen-bond donors (Lipinski definition) is 0. The highest BCUT2D eigenvalue weighted by Gasteiger charge is 2.52. The fourth-order valence-corrected chi connectivity index (χ4v) is 7.47. The summed E-state index contributed by atoms with van der Waals surface area (Å²) in [6, 6.07) is 16.7. The summed E-state index contributed by atoms with van der Waals surface area (Å²) >= 11 is 0. The van der Waals surface area contributed by atoms with Crippen LogP contribution in [0.1, 0.15) is 16.1 Å². The quantitative estimate of drug-likeness (QED) is 0.0371. The lowest BCUT2D eigenvalue weighted by Gasteiger charge is -2.44. The number of fused-ring (bicyclic) bond motifs is 1. The first kappa shape index (κ1) is 51.0. The summed E-state index contributed by atoms with van der Waals surface area (Å²) in [6.45, 7) is -0.231. The van der Waals surface area contributed by atoms with E-state index in [1.165, 1.54) is 10.8 Å². The van der Waals surface area contributed by atoms with E-state index in [-0.39, 0.29) is 18.0 Å². The monoisotopic (exact) mass is 1010 g/mol. The van der Waals surface area contributed by atoms with Crippen LogP contribution in [0.4, 0.5) is 101 Å². The number of carbonyl (C=O) groups is 1. The lowest BCUT2D eigenvalue weighted by Crippen LogP contribution is -2.81. The molecule has 0 fully saturated rings. The molecule has 360 valence electrons. The number of aromatic nitrogens is 1. The molecule has 7 rings (SSSR count). The van der Waals surface area contributed by atoms with Gasteiger partial charge in [-0.15, -0.1) is 21.9 Å². The highest BCUT2D eigenvalue weighted by atomic mass is 19.3. The fraction of sp³-hybridized carbons (Fsp3) is 0.0233. The van der Waals surface area contributed by atoms with Crippen molar-refractivity contribution in [1.82, 2.24) is 0 Å². The minimum atomic E-state index is -7.22. The minimum absolute atomic E-state index is 0.231. The summed E-state index contributed by atoms with van der Waals surface area (Å²) in [4.78, 5) is 12.3. The normalized spacial score (nSPS) is 11.5. The number of pyridine rings is 1. The zero-order valence-electron chi connectivity index (χ0n) is 32.7. The molecule has 0 amide bonds. The highest BCUT2D eigenvalue weighted by Crippen LogP contribution is 2.31. The number of hydrogen-bond acceptors (Lipinski definition) is 1. The molecule has 6 aromatic carbocycles. The highest BCUT2D eigenvalue weighted by molar-refractivity contribution is 7.20. The molecule has 0 aliphatic carbocycles. The van der Waals surface area contributed by atoms with Crippen molar-refractivity contribution >= 4 is 50.4 Å². The smallest absolute Gasteiger partial charge is 0.287 e. The Morgan fingerprint density at radius 2 is 0.667 bits per heavy atom. The van der Waals surface area contributed by atoms with Crippen LogP contribution in [0, 0.1) is 116 Å². The average Bonchev–Trinajstić information content (AvgIpc) is 3.33. The maximum absolute atomic E-state index is 15.4. The molecule has 1 aromatic heterocycles. The molecule has 0 saturated heterocycles. The summed E-state index contributed by atoms with van der Waals surface area (Å²) in [5.74, 6) is -73.3. The van der Waals surface area contributed by atoms with E-state index in [4.69, 9.17) is 0 Å². The van der Waals surface area contributed by atoms with Gasteiger partial charge >= 0.3 is 6.08 Å². The minimum Gasteiger partial charge on any atom is -0.287 e. The van der Waals surface area contributed by atoms with Crippen LogP contribution >= 0.6 is 0 Å². The molecular weight excluding hydrogens is 994 g/mol. The van der Waals surface area contributed by atoms with E-state index in [9.17, 15) is 70.7 Å². The molecule has 2 nitrogen and oxygen atoms in total. The van der Waals surface area contributed by atoms with Crippen molar-refractivity contribution in [3.8, 4) is 0 Å². The van der Waals surface area contributed by atoms with Gasteiger partial charge in [0.1, 0.15) is 52.7 Å². The SMILES string of the molecule is Fc1c(F)c(F)c([B-](c2c(F)c(F)c(F)c(F)c2F)(c2c(F)c(F)c(F)c(F)c2F)c2c(F)c(F)c(F)c(F)c2F)c(F)c1F.O=C(C[n+]1ccc2ccccc2c1C(F)=C(F)F)c1ccccc1. The Hall–Kier alpha value is -7.41. The zero-order valence-corrected chi connectivity index (χ0v) is 32.7. The second kappa shape index (κ2) is 18.9. The van der Waals surface area contributed by atoms with Crippen molar-refractivity contribution in [1.29, 1.82) is 0 Å². The van der Waals surface area contributed by atoms with Gasteiger partial charge in [-0.2, -0.15) is 17.7 Å². The first-order chi connectivity index (χ1) is 32.3. The zero-order chi connectivity index (χ0) is 51.5. The van der Waals surface area contributed by atoms with Crippen molar-refractivity contribution < 1.29 is 110 Å². The van der Waals surface area contributed by atoms with Crippen LogP contribution in [0.2, 0.25) is 0 Å². The molecule has 0 unspecified atom stereocenters. The second-order valence-electron chi connectivity index (χ2n) is 14.0. The van der Waals surface area contributed by atoms with Crippen LogP contribution in [-0.2, 0) is 6.54 Å². The van der Waals surface area contributed by atoms with E-state index < -0.39 is 156 Å². The van der Waals surface area contributed by atoms with E-state index in [2.05, 4.69) is 0 Å². The number of rotatable bonds is 8. The summed E-state index contributed by atoms with van der Waals surface area (Å²) in [6.07, 6.45) is -8.18. The van der Waals surface area contributed by atoms with Crippen LogP contribution in [0.25, 0.3) is 16.6 Å². The predicted octanol–water partition coefficient (Wildman–Crippen LogP) is 10.4. The number of nitrogens with zero attached hydrogens (tertiary/aromatic N) is 1. The maximum atomic E-state index is 15.4. The Kier molecular flexibility index (Phi) is 14.0. The third kappa shape index (κ3) is 8.07. The van der Waals surface area contributed by atoms with Gasteiger partial charge in [-0.05, 0) is 11.5 Å². The van der Waals surface area contributed by atoms with Crippen LogP contribution in [-0.4, -0.2) is 11.9 Å². The molecule has 0 aliphatic rings. The topological polar surface area (TPSA) is 20.9 Å². The van der Waals surface area contributed by atoms with Crippen molar-refractivity contribution in [2.24, 2.45) is 0 Å². The van der Waals surface area contributed by atoms with Gasteiger partial charge in [0.25, 0.3) is 11.5 Å². The van der Waals surface area contributed by atoms with Gasteiger partial charge in [-0.25, -0.2) is 87.8 Å². The molecular formula is C43H13BF23NO. The summed E-state index contributed by atoms with van der Waals surface area (Å²) in [5.41, 5.74) is -14.2. The van der Waals surface area contributed by atoms with Gasteiger partial charge in [0.2, 0.25) is 12.3 Å². The van der Waals surface area contributed by atoms with Gasteiger partial charge < -0.3 is 0 Å². The lowest BCUT2D eigenvalue weighted by atomic mass is 9.12. The molecule has 0 bridgehead atoms. The van der Waals surface area contributed by atoms with Gasteiger partial charge in [0, 0.05) is 11.6 Å². The number of Topliss-reactive ketones (excluding diaryl/α,β-unsaturated/α-hetero) is 1. The van der Waals surface area contributed by atoms with Crippen LogP contribution in [0.5, 0.6) is 0 Å². The summed E-state index contributed by atoms with van der Waals surface area (Å²) in [7, 11) is 0. The van der Waals surface area contributed by atoms with E-state index >= 15 is 35.1 Å². The van der Waals surface area contributed by atoms with E-state index in [0.717, 1.165) is 0 Å². The van der Waals surface area contributed by atoms with Gasteiger partial charge in [0.15, 0.2) is 76.0 Å². The van der Waals surface area contributed by atoms with Crippen molar-refractivity contribution in [2.75, 3.05) is 0 Å². The van der Waals surface area contributed by atoms with Crippen molar-refractivity contribution in [2.45, 2.75) is 6.54 Å². The largest absolute Gasteiger partial charge is 0.312 e. The Labute approximate surface area is 367 Å². The van der Waals surface area contributed by atoms with E-state index in [1.807, 2.05) is 0 Å².